The van der Waals surface area contributed by atoms with Crippen molar-refractivity contribution >= 4 is 5.91 Å². The monoisotopic (exact) mass is 353 g/mol. The van der Waals surface area contributed by atoms with Gasteiger partial charge in [0.2, 0.25) is 18.4 Å². The van der Waals surface area contributed by atoms with E-state index >= 15 is 0 Å². The van der Waals surface area contributed by atoms with E-state index in [-0.39, 0.29) is 12.7 Å². The number of aliphatic hydroxyl groups excluding tert-OH is 1. The first kappa shape index (κ1) is 15.5. The van der Waals surface area contributed by atoms with E-state index in [0.29, 0.717) is 30.2 Å². The Balaban J connectivity index is 1.91. The van der Waals surface area contributed by atoms with Crippen molar-refractivity contribution in [2.24, 2.45) is 0 Å². The number of benzene rings is 2. The van der Waals surface area contributed by atoms with Crippen LogP contribution in [0.15, 0.2) is 24.3 Å². The predicted octanol–water partition coefficient (Wildman–Crippen LogP) is 2.58. The number of fused-ring (bicyclic) bond motifs is 4. The van der Waals surface area contributed by atoms with Crippen molar-refractivity contribution in [2.75, 3.05) is 20.4 Å². The first-order valence-electron chi connectivity index (χ1n) is 8.70. The highest BCUT2D eigenvalue weighted by atomic mass is 16.7. The second-order valence-electron chi connectivity index (χ2n) is 6.80. The van der Waals surface area contributed by atoms with Crippen LogP contribution in [0.3, 0.4) is 0 Å². The third kappa shape index (κ3) is 1.82. The molecule has 2 atom stereocenters. The fraction of sp³-hybridized carbons (Fsp3) is 0.350. The minimum atomic E-state index is -0.799. The third-order valence-electron chi connectivity index (χ3n) is 5.61. The number of nitrogens with zero attached hydrogens (tertiary/aromatic N) is 1. The number of hydrogen-bond donors (Lipinski definition) is 1. The van der Waals surface area contributed by atoms with Crippen molar-refractivity contribution < 1.29 is 24.1 Å². The van der Waals surface area contributed by atoms with Crippen LogP contribution in [0, 0.1) is 0 Å². The lowest BCUT2D eigenvalue weighted by Gasteiger charge is -2.44. The van der Waals surface area contributed by atoms with Gasteiger partial charge < -0.3 is 24.2 Å². The van der Waals surface area contributed by atoms with E-state index in [4.69, 9.17) is 14.2 Å². The minimum Gasteiger partial charge on any atom is -0.492 e. The van der Waals surface area contributed by atoms with Gasteiger partial charge in [-0.1, -0.05) is 24.3 Å². The van der Waals surface area contributed by atoms with Crippen molar-refractivity contribution in [1.82, 2.24) is 4.90 Å². The molecule has 0 fully saturated rings. The molecular weight excluding hydrogens is 334 g/mol. The van der Waals surface area contributed by atoms with Crippen molar-refractivity contribution in [3.63, 3.8) is 0 Å². The molecule has 0 saturated carbocycles. The maximum atomic E-state index is 12.3. The molecular formula is C20H19NO5. The molecule has 0 spiro atoms. The Morgan fingerprint density at radius 1 is 1.27 bits per heavy atom. The molecule has 0 radical (unpaired) electrons. The average Bonchev–Trinajstić information content (AvgIpc) is 3.13. The Morgan fingerprint density at radius 3 is 2.81 bits per heavy atom. The molecule has 26 heavy (non-hydrogen) atoms. The van der Waals surface area contributed by atoms with Gasteiger partial charge in [-0.25, -0.2) is 0 Å². The minimum absolute atomic E-state index is 0.0540. The molecule has 2 aromatic carbocycles. The summed E-state index contributed by atoms with van der Waals surface area (Å²) < 4.78 is 17.2. The van der Waals surface area contributed by atoms with Gasteiger partial charge in [-0.15, -0.1) is 0 Å². The van der Waals surface area contributed by atoms with Crippen LogP contribution in [-0.2, 0) is 11.2 Å². The largest absolute Gasteiger partial charge is 0.492 e. The molecule has 6 heteroatoms. The zero-order valence-corrected chi connectivity index (χ0v) is 14.6. The molecule has 1 amide bonds. The molecule has 2 heterocycles. The third-order valence-corrected chi connectivity index (χ3v) is 5.61. The number of carbonyl (C=O) groups excluding carboxylic acids is 1. The van der Waals surface area contributed by atoms with Gasteiger partial charge in [0.05, 0.1) is 13.2 Å². The van der Waals surface area contributed by atoms with Crippen molar-refractivity contribution in [1.29, 1.82) is 0 Å². The molecule has 2 aromatic rings. The first-order chi connectivity index (χ1) is 12.6. The maximum Gasteiger partial charge on any atom is 0.231 e. The van der Waals surface area contributed by atoms with Crippen molar-refractivity contribution in [3.05, 3.63) is 41.0 Å². The lowest BCUT2D eigenvalue weighted by Crippen LogP contribution is -2.43. The summed E-state index contributed by atoms with van der Waals surface area (Å²) in [6, 6.07) is 7.27. The van der Waals surface area contributed by atoms with Gasteiger partial charge >= 0.3 is 0 Å². The van der Waals surface area contributed by atoms with Crippen LogP contribution < -0.4 is 14.2 Å². The highest BCUT2D eigenvalue weighted by molar-refractivity contribution is 5.88. The summed E-state index contributed by atoms with van der Waals surface area (Å²) in [6.45, 7) is 2.21. The van der Waals surface area contributed by atoms with Crippen LogP contribution >= 0.6 is 0 Å². The van der Waals surface area contributed by atoms with E-state index in [1.54, 1.807) is 18.9 Å². The topological polar surface area (TPSA) is 68.2 Å². The molecule has 0 aromatic heterocycles. The van der Waals surface area contributed by atoms with Crippen LogP contribution in [0.4, 0.5) is 0 Å². The number of hydrogen-bond acceptors (Lipinski definition) is 5. The lowest BCUT2D eigenvalue weighted by atomic mass is 9.74. The zero-order chi connectivity index (χ0) is 18.0. The van der Waals surface area contributed by atoms with Crippen molar-refractivity contribution in [3.8, 4) is 28.4 Å². The number of amides is 1. The zero-order valence-electron chi connectivity index (χ0n) is 14.6. The van der Waals surface area contributed by atoms with E-state index in [0.717, 1.165) is 27.8 Å². The normalized spacial score (nSPS) is 21.9. The Hall–Kier alpha value is -2.73. The second-order valence-corrected chi connectivity index (χ2v) is 6.80. The highest BCUT2D eigenvalue weighted by Crippen LogP contribution is 2.60. The van der Waals surface area contributed by atoms with Crippen molar-refractivity contribution in [2.45, 2.75) is 25.5 Å². The van der Waals surface area contributed by atoms with Gasteiger partial charge in [-0.3, -0.25) is 4.79 Å². The predicted molar refractivity (Wildman–Crippen MR) is 93.3 cm³/mol. The summed E-state index contributed by atoms with van der Waals surface area (Å²) >= 11 is 0. The molecule has 134 valence electrons. The summed E-state index contributed by atoms with van der Waals surface area (Å²) in [5.41, 5.74) is 4.53. The van der Waals surface area contributed by atoms with Gasteiger partial charge in [0.25, 0.3) is 0 Å². The molecule has 3 aliphatic rings. The first-order valence-corrected chi connectivity index (χ1v) is 8.70. The smallest absolute Gasteiger partial charge is 0.231 e. The second kappa shape index (κ2) is 5.38. The summed E-state index contributed by atoms with van der Waals surface area (Å²) in [6.07, 6.45) is -0.153. The van der Waals surface area contributed by atoms with E-state index in [1.165, 1.54) is 0 Å². The van der Waals surface area contributed by atoms with Crippen LogP contribution in [0.2, 0.25) is 0 Å². The fourth-order valence-electron chi connectivity index (χ4n) is 4.58. The Labute approximate surface area is 150 Å². The Morgan fingerprint density at radius 2 is 2.04 bits per heavy atom. The average molecular weight is 353 g/mol. The van der Waals surface area contributed by atoms with E-state index in [9.17, 15) is 9.90 Å². The summed E-state index contributed by atoms with van der Waals surface area (Å²) in [4.78, 5) is 14.0. The van der Waals surface area contributed by atoms with E-state index < -0.39 is 12.1 Å². The van der Waals surface area contributed by atoms with E-state index in [1.807, 2.05) is 24.3 Å². The Kier molecular flexibility index (Phi) is 3.21. The number of carbonyl (C=O) groups is 1. The number of methoxy groups -OCH3 is 1. The quantitative estimate of drug-likeness (QED) is 0.853. The van der Waals surface area contributed by atoms with Gasteiger partial charge in [0.15, 0.2) is 11.5 Å². The molecule has 5 rings (SSSR count). The van der Waals surface area contributed by atoms with Crippen LogP contribution in [-0.4, -0.2) is 36.4 Å². The fourth-order valence-corrected chi connectivity index (χ4v) is 4.58. The van der Waals surface area contributed by atoms with Crippen LogP contribution in [0.1, 0.15) is 35.8 Å². The number of ether oxygens (including phenoxy) is 3. The standard InChI is InChI=1S/C20H19NO5/c1-10(22)21-8-7-13-14-15(19-20(18(13)24-2)26-9-25-19)11-5-3-4-6-12(11)17(23)16(14)21/h3-6,16-17,23H,7-9H2,1-2H3/t16-,17-/m0/s1. The van der Waals surface area contributed by atoms with E-state index in [2.05, 4.69) is 0 Å². The number of rotatable bonds is 1. The maximum absolute atomic E-state index is 12.3. The molecule has 0 bridgehead atoms. The highest BCUT2D eigenvalue weighted by Gasteiger charge is 2.46. The summed E-state index contributed by atoms with van der Waals surface area (Å²) in [7, 11) is 1.61. The Bertz CT molecular complexity index is 938. The molecule has 2 aliphatic heterocycles. The van der Waals surface area contributed by atoms with Gasteiger partial charge in [-0.05, 0) is 23.1 Å². The van der Waals surface area contributed by atoms with Gasteiger partial charge in [0.1, 0.15) is 6.10 Å². The summed E-state index contributed by atoms with van der Waals surface area (Å²) in [5, 5.41) is 11.2. The summed E-state index contributed by atoms with van der Waals surface area (Å²) in [5.74, 6) is 1.84. The van der Waals surface area contributed by atoms with Gasteiger partial charge in [-0.2, -0.15) is 0 Å². The van der Waals surface area contributed by atoms with Crippen LogP contribution in [0.25, 0.3) is 11.1 Å². The molecule has 1 aliphatic carbocycles. The molecule has 6 nitrogen and oxygen atoms in total. The van der Waals surface area contributed by atoms with Crippen LogP contribution in [0.5, 0.6) is 17.2 Å². The van der Waals surface area contributed by atoms with Gasteiger partial charge in [0, 0.05) is 24.6 Å². The lowest BCUT2D eigenvalue weighted by molar-refractivity contribution is -0.134. The molecule has 0 saturated heterocycles. The molecule has 1 N–H and O–H groups in total. The SMILES string of the molecule is COc1c2c3c(c4c1OCO4)-c1ccccc1[C@H](O)[C@H]3N(C(C)=O)CC2. The molecule has 0 unspecified atom stereocenters. The number of aliphatic hydroxyl groups is 1.